The van der Waals surface area contributed by atoms with Gasteiger partial charge in [0.2, 0.25) is 5.91 Å². The van der Waals surface area contributed by atoms with Gasteiger partial charge in [0.25, 0.3) is 0 Å². The van der Waals surface area contributed by atoms with E-state index in [2.05, 4.69) is 9.88 Å². The number of carbonyl (C=O) groups excluding carboxylic acids is 1. The molecule has 0 saturated carbocycles. The maximum absolute atomic E-state index is 13.1. The Morgan fingerprint density at radius 3 is 2.76 bits per heavy atom. The average Bonchev–Trinajstić information content (AvgIpc) is 2.81. The number of carbonyl (C=O) groups is 1. The number of benzene rings is 2. The van der Waals surface area contributed by atoms with Gasteiger partial charge in [-0.15, -0.1) is 0 Å². The van der Waals surface area contributed by atoms with Crippen LogP contribution in [0.15, 0.2) is 59.6 Å². The molecule has 1 N–H and O–H groups in total. The first-order chi connectivity index (χ1) is 15.8. The second-order valence-electron chi connectivity index (χ2n) is 8.22. The number of anilines is 1. The van der Waals surface area contributed by atoms with Crippen molar-refractivity contribution in [2.24, 2.45) is 0 Å². The van der Waals surface area contributed by atoms with Crippen LogP contribution in [0.5, 0.6) is 0 Å². The van der Waals surface area contributed by atoms with Gasteiger partial charge < -0.3 is 14.9 Å². The van der Waals surface area contributed by atoms with Crippen LogP contribution >= 0.6 is 11.6 Å². The molecule has 1 fully saturated rings. The lowest BCUT2D eigenvalue weighted by Crippen LogP contribution is -2.57. The topological polar surface area (TPSA) is 90.8 Å². The van der Waals surface area contributed by atoms with Gasteiger partial charge >= 0.3 is 0 Å². The van der Waals surface area contributed by atoms with Crippen molar-refractivity contribution in [2.75, 3.05) is 36.9 Å². The second-order valence-corrected chi connectivity index (χ2v) is 10.7. The molecule has 0 spiro atoms. The molecular weight excluding hydrogens is 462 g/mol. The highest BCUT2D eigenvalue weighted by atomic mass is 35.5. The molecule has 1 amide bonds. The Hall–Kier alpha value is -2.68. The summed E-state index contributed by atoms with van der Waals surface area (Å²) in [4.78, 5) is 21.1. The summed E-state index contributed by atoms with van der Waals surface area (Å²) in [5.74, 6) is -0.568. The van der Waals surface area contributed by atoms with Gasteiger partial charge in [-0.3, -0.25) is 9.78 Å². The minimum absolute atomic E-state index is 0.142. The van der Waals surface area contributed by atoms with E-state index in [1.54, 1.807) is 47.5 Å². The number of aryl methyl sites for hydroxylation is 1. The number of hydrogen-bond donors (Lipinski definition) is 1. The minimum atomic E-state index is -3.69. The highest BCUT2D eigenvalue weighted by Gasteiger charge is 2.31. The largest absolute Gasteiger partial charge is 0.394 e. The number of aliphatic hydroxyl groups excluding tert-OH is 1. The number of aliphatic hydroxyl groups is 1. The number of nitrogens with zero attached hydrogens (tertiary/aromatic N) is 3. The summed E-state index contributed by atoms with van der Waals surface area (Å²) in [7, 11) is -3.69. The summed E-state index contributed by atoms with van der Waals surface area (Å²) in [5.41, 5.74) is 1.89. The van der Waals surface area contributed by atoms with Crippen LogP contribution in [0.4, 0.5) is 5.69 Å². The Kier molecular flexibility index (Phi) is 6.88. The normalized spacial score (nSPS) is 16.9. The van der Waals surface area contributed by atoms with E-state index in [9.17, 15) is 18.3 Å². The van der Waals surface area contributed by atoms with Gasteiger partial charge in [-0.1, -0.05) is 29.8 Å². The fourth-order valence-electron chi connectivity index (χ4n) is 4.27. The maximum Gasteiger partial charge on any atom is 0.224 e. The first-order valence-corrected chi connectivity index (χ1v) is 12.8. The summed E-state index contributed by atoms with van der Waals surface area (Å²) in [6.45, 7) is 3.21. The minimum Gasteiger partial charge on any atom is -0.394 e. The Balaban J connectivity index is 1.45. The molecule has 1 saturated heterocycles. The van der Waals surface area contributed by atoms with Gasteiger partial charge in [0, 0.05) is 54.0 Å². The third kappa shape index (κ3) is 5.13. The summed E-state index contributed by atoms with van der Waals surface area (Å²) in [5, 5.41) is 11.8. The molecule has 33 heavy (non-hydrogen) atoms. The van der Waals surface area contributed by atoms with Gasteiger partial charge in [-0.2, -0.15) is 0 Å². The lowest BCUT2D eigenvalue weighted by Gasteiger charge is -2.41. The zero-order chi connectivity index (χ0) is 23.6. The first kappa shape index (κ1) is 23.5. The zero-order valence-corrected chi connectivity index (χ0v) is 19.9. The summed E-state index contributed by atoms with van der Waals surface area (Å²) < 4.78 is 26.1. The van der Waals surface area contributed by atoms with E-state index in [0.29, 0.717) is 30.0 Å². The number of aromatic nitrogens is 1. The van der Waals surface area contributed by atoms with Crippen molar-refractivity contribution in [2.45, 2.75) is 24.3 Å². The standard InChI is InChI=1S/C24H26ClN3O4S/c1-17-13-20(7-9-26-17)27-10-11-28(21(15-27)16-29)24(30)8-12-33(31,32)23-4-2-3-18-14-19(25)5-6-22(18)23/h2-7,9,13-14,21,29H,8,10-12,15-16H2,1H3. The molecule has 4 rings (SSSR count). The van der Waals surface area contributed by atoms with Crippen molar-refractivity contribution < 1.29 is 18.3 Å². The predicted molar refractivity (Wildman–Crippen MR) is 129 cm³/mol. The van der Waals surface area contributed by atoms with Crippen LogP contribution in [0.1, 0.15) is 12.1 Å². The molecule has 174 valence electrons. The quantitative estimate of drug-likeness (QED) is 0.574. The van der Waals surface area contributed by atoms with Crippen molar-refractivity contribution in [1.82, 2.24) is 9.88 Å². The number of amides is 1. The van der Waals surface area contributed by atoms with E-state index in [4.69, 9.17) is 11.6 Å². The van der Waals surface area contributed by atoms with Crippen molar-refractivity contribution in [3.05, 3.63) is 65.4 Å². The molecule has 0 aliphatic carbocycles. The predicted octanol–water partition coefficient (Wildman–Crippen LogP) is 3.07. The third-order valence-electron chi connectivity index (χ3n) is 5.98. The van der Waals surface area contributed by atoms with Crippen LogP contribution in [-0.2, 0) is 14.6 Å². The third-order valence-corrected chi connectivity index (χ3v) is 7.98. The Morgan fingerprint density at radius 2 is 2.00 bits per heavy atom. The lowest BCUT2D eigenvalue weighted by atomic mass is 10.1. The Morgan fingerprint density at radius 1 is 1.18 bits per heavy atom. The van der Waals surface area contributed by atoms with Crippen LogP contribution in [-0.4, -0.2) is 67.4 Å². The highest BCUT2D eigenvalue weighted by molar-refractivity contribution is 7.91. The summed E-state index contributed by atoms with van der Waals surface area (Å²) in [6, 6.07) is 13.6. The number of rotatable bonds is 6. The van der Waals surface area contributed by atoms with Crippen molar-refractivity contribution in [1.29, 1.82) is 0 Å². The van der Waals surface area contributed by atoms with Crippen molar-refractivity contribution in [3.8, 4) is 0 Å². The van der Waals surface area contributed by atoms with Crippen molar-refractivity contribution in [3.63, 3.8) is 0 Å². The van der Waals surface area contributed by atoms with Crippen LogP contribution in [0, 0.1) is 6.92 Å². The van der Waals surface area contributed by atoms with Crippen LogP contribution in [0.2, 0.25) is 5.02 Å². The second kappa shape index (κ2) is 9.67. The van der Waals surface area contributed by atoms with E-state index in [0.717, 1.165) is 16.8 Å². The van der Waals surface area contributed by atoms with Gasteiger partial charge in [0.1, 0.15) is 0 Å². The van der Waals surface area contributed by atoms with Crippen molar-refractivity contribution >= 4 is 43.8 Å². The highest BCUT2D eigenvalue weighted by Crippen LogP contribution is 2.27. The molecule has 7 nitrogen and oxygen atoms in total. The lowest BCUT2D eigenvalue weighted by molar-refractivity contribution is -0.134. The Labute approximate surface area is 198 Å². The maximum atomic E-state index is 13.1. The molecule has 2 aromatic carbocycles. The summed E-state index contributed by atoms with van der Waals surface area (Å²) in [6.07, 6.45) is 1.60. The van der Waals surface area contributed by atoms with Gasteiger partial charge in [0.15, 0.2) is 9.84 Å². The first-order valence-electron chi connectivity index (χ1n) is 10.8. The SMILES string of the molecule is Cc1cc(N2CCN(C(=O)CCS(=O)(=O)c3cccc4cc(Cl)ccc34)C(CO)C2)ccn1. The smallest absolute Gasteiger partial charge is 0.224 e. The zero-order valence-electron chi connectivity index (χ0n) is 18.3. The monoisotopic (exact) mass is 487 g/mol. The molecule has 1 aliphatic heterocycles. The molecular formula is C24H26ClN3O4S. The molecule has 9 heteroatoms. The van der Waals surface area contributed by atoms with Gasteiger partial charge in [0.05, 0.1) is 23.3 Å². The van der Waals surface area contributed by atoms with Crippen LogP contribution in [0.25, 0.3) is 10.8 Å². The van der Waals surface area contributed by atoms with Gasteiger partial charge in [-0.05, 0) is 42.6 Å². The van der Waals surface area contributed by atoms with E-state index in [-0.39, 0.29) is 29.6 Å². The number of fused-ring (bicyclic) bond motifs is 1. The molecule has 2 heterocycles. The van der Waals surface area contributed by atoms with E-state index in [1.165, 1.54) is 0 Å². The summed E-state index contributed by atoms with van der Waals surface area (Å²) >= 11 is 6.03. The molecule has 0 radical (unpaired) electrons. The van der Waals surface area contributed by atoms with Crippen LogP contribution in [0.3, 0.4) is 0 Å². The number of hydrogen-bond acceptors (Lipinski definition) is 6. The molecule has 1 aromatic heterocycles. The molecule has 0 bridgehead atoms. The molecule has 1 aliphatic rings. The van der Waals surface area contributed by atoms with Crippen LogP contribution < -0.4 is 4.90 Å². The number of pyridine rings is 1. The Bertz CT molecular complexity index is 1280. The van der Waals surface area contributed by atoms with Gasteiger partial charge in [-0.25, -0.2) is 8.42 Å². The molecule has 1 unspecified atom stereocenters. The average molecular weight is 488 g/mol. The van der Waals surface area contributed by atoms with E-state index >= 15 is 0 Å². The fraction of sp³-hybridized carbons (Fsp3) is 0.333. The number of sulfone groups is 1. The number of piperazine rings is 1. The molecule has 3 aromatic rings. The van der Waals surface area contributed by atoms with E-state index < -0.39 is 15.9 Å². The number of halogens is 1. The fourth-order valence-corrected chi connectivity index (χ4v) is 5.92. The van der Waals surface area contributed by atoms with E-state index in [1.807, 2.05) is 19.1 Å². The molecule has 1 atom stereocenters.